The Morgan fingerprint density at radius 2 is 2.09 bits per heavy atom. The smallest absolute Gasteiger partial charge is 0.191 e. The van der Waals surface area contributed by atoms with E-state index >= 15 is 0 Å². The Hall–Kier alpha value is -0.380. The second kappa shape index (κ2) is 10.5. The molecule has 7 heteroatoms. The van der Waals surface area contributed by atoms with Crippen LogP contribution in [0.2, 0.25) is 0 Å². The molecular weight excluding hydrogens is 423 g/mol. The van der Waals surface area contributed by atoms with E-state index in [-0.39, 0.29) is 29.5 Å². The largest absolute Gasteiger partial charge is 0.379 e. The van der Waals surface area contributed by atoms with Gasteiger partial charge in [0.15, 0.2) is 5.96 Å². The summed E-state index contributed by atoms with van der Waals surface area (Å²) in [7, 11) is 0. The zero-order valence-corrected chi connectivity index (χ0v) is 17.4. The first kappa shape index (κ1) is 20.7. The highest BCUT2D eigenvalue weighted by Gasteiger charge is 2.28. The Kier molecular flexibility index (Phi) is 9.41. The van der Waals surface area contributed by atoms with E-state index in [1.807, 2.05) is 0 Å². The van der Waals surface area contributed by atoms with E-state index in [1.165, 1.54) is 4.88 Å². The quantitative estimate of drug-likeness (QED) is 0.396. The molecule has 0 unspecified atom stereocenters. The number of morpholine rings is 1. The lowest BCUT2D eigenvalue weighted by Gasteiger charge is -2.41. The molecule has 132 valence electrons. The maximum Gasteiger partial charge on any atom is 0.191 e. The predicted molar refractivity (Wildman–Crippen MR) is 109 cm³/mol. The number of ether oxygens (including phenoxy) is 1. The number of hydrogen-bond acceptors (Lipinski definition) is 4. The molecule has 0 spiro atoms. The van der Waals surface area contributed by atoms with Gasteiger partial charge in [0.05, 0.1) is 19.8 Å². The SMILES string of the molecule is CCNC(=NCc1cccs1)NCC(C)(C)N1CCOCC1.I. The van der Waals surface area contributed by atoms with Crippen LogP contribution in [0.15, 0.2) is 22.5 Å². The van der Waals surface area contributed by atoms with E-state index < -0.39 is 0 Å². The molecule has 2 N–H and O–H groups in total. The van der Waals surface area contributed by atoms with Crippen LogP contribution < -0.4 is 10.6 Å². The van der Waals surface area contributed by atoms with E-state index in [1.54, 1.807) is 11.3 Å². The Labute approximate surface area is 160 Å². The van der Waals surface area contributed by atoms with Gasteiger partial charge >= 0.3 is 0 Å². The average molecular weight is 452 g/mol. The van der Waals surface area contributed by atoms with Gasteiger partial charge in [-0.3, -0.25) is 4.90 Å². The molecule has 5 nitrogen and oxygen atoms in total. The Bertz CT molecular complexity index is 459. The van der Waals surface area contributed by atoms with E-state index in [2.05, 4.69) is 58.8 Å². The van der Waals surface area contributed by atoms with E-state index in [9.17, 15) is 0 Å². The van der Waals surface area contributed by atoms with Gasteiger partial charge in [-0.15, -0.1) is 35.3 Å². The third kappa shape index (κ3) is 6.94. The molecule has 0 aliphatic carbocycles. The van der Waals surface area contributed by atoms with Gasteiger partial charge in [-0.25, -0.2) is 4.99 Å². The van der Waals surface area contributed by atoms with Gasteiger partial charge in [0.2, 0.25) is 0 Å². The molecule has 0 amide bonds. The van der Waals surface area contributed by atoms with Gasteiger partial charge in [-0.1, -0.05) is 6.07 Å². The number of rotatable bonds is 6. The monoisotopic (exact) mass is 452 g/mol. The fourth-order valence-electron chi connectivity index (χ4n) is 2.48. The topological polar surface area (TPSA) is 48.9 Å². The second-order valence-electron chi connectivity index (χ2n) is 6.04. The number of guanidine groups is 1. The highest BCUT2D eigenvalue weighted by atomic mass is 127. The normalized spacial score (nSPS) is 16.7. The van der Waals surface area contributed by atoms with Crippen molar-refractivity contribution in [2.75, 3.05) is 39.4 Å². The molecule has 0 radical (unpaired) electrons. The Morgan fingerprint density at radius 3 is 2.70 bits per heavy atom. The average Bonchev–Trinajstić information content (AvgIpc) is 3.04. The summed E-state index contributed by atoms with van der Waals surface area (Å²) in [5.41, 5.74) is 0.0862. The number of nitrogens with one attached hydrogen (secondary N) is 2. The molecule has 1 saturated heterocycles. The van der Waals surface area contributed by atoms with Gasteiger partial charge in [0.1, 0.15) is 0 Å². The highest BCUT2D eigenvalue weighted by Crippen LogP contribution is 2.15. The molecule has 0 aromatic carbocycles. The summed E-state index contributed by atoms with van der Waals surface area (Å²) in [6, 6.07) is 4.19. The lowest BCUT2D eigenvalue weighted by molar-refractivity contribution is -0.00834. The number of nitrogens with zero attached hydrogens (tertiary/aromatic N) is 2. The summed E-state index contributed by atoms with van der Waals surface area (Å²) in [6.07, 6.45) is 0. The standard InChI is InChI=1S/C16H28N4OS.HI/c1-4-17-15(18-12-14-6-5-11-22-14)19-13-16(2,3)20-7-9-21-10-8-20;/h5-6,11H,4,7-10,12-13H2,1-3H3,(H2,17,18,19);1H. The third-order valence-electron chi connectivity index (χ3n) is 3.87. The summed E-state index contributed by atoms with van der Waals surface area (Å²) >= 11 is 1.74. The summed E-state index contributed by atoms with van der Waals surface area (Å²) in [5.74, 6) is 0.886. The van der Waals surface area contributed by atoms with Gasteiger partial charge in [0.25, 0.3) is 0 Å². The minimum Gasteiger partial charge on any atom is -0.379 e. The van der Waals surface area contributed by atoms with Gasteiger partial charge < -0.3 is 15.4 Å². The maximum absolute atomic E-state index is 5.44. The summed E-state index contributed by atoms with van der Waals surface area (Å²) < 4.78 is 5.44. The molecule has 1 aliphatic heterocycles. The molecule has 2 rings (SSSR count). The van der Waals surface area contributed by atoms with Crippen molar-refractivity contribution in [2.24, 2.45) is 4.99 Å². The molecule has 1 fully saturated rings. The van der Waals surface area contributed by atoms with Crippen molar-refractivity contribution < 1.29 is 4.74 Å². The van der Waals surface area contributed by atoms with Gasteiger partial charge in [-0.2, -0.15) is 0 Å². The van der Waals surface area contributed by atoms with Crippen molar-refractivity contribution in [3.63, 3.8) is 0 Å². The van der Waals surface area contributed by atoms with Crippen LogP contribution in [0.25, 0.3) is 0 Å². The molecule has 1 aliphatic rings. The molecular formula is C16H29IN4OS. The van der Waals surface area contributed by atoms with Crippen molar-refractivity contribution in [1.82, 2.24) is 15.5 Å². The molecule has 0 atom stereocenters. The van der Waals surface area contributed by atoms with Crippen molar-refractivity contribution in [3.05, 3.63) is 22.4 Å². The van der Waals surface area contributed by atoms with Crippen LogP contribution >= 0.6 is 35.3 Å². The van der Waals surface area contributed by atoms with Gasteiger partial charge in [0, 0.05) is 36.6 Å². The van der Waals surface area contributed by atoms with Crippen LogP contribution in [-0.4, -0.2) is 55.8 Å². The maximum atomic E-state index is 5.44. The minimum absolute atomic E-state index is 0. The van der Waals surface area contributed by atoms with Crippen LogP contribution in [0.4, 0.5) is 0 Å². The summed E-state index contributed by atoms with van der Waals surface area (Å²) in [4.78, 5) is 8.43. The zero-order valence-electron chi connectivity index (χ0n) is 14.3. The van der Waals surface area contributed by atoms with Crippen LogP contribution in [0.5, 0.6) is 0 Å². The molecule has 2 heterocycles. The third-order valence-corrected chi connectivity index (χ3v) is 4.73. The Balaban J connectivity index is 0.00000264. The molecule has 1 aromatic heterocycles. The summed E-state index contributed by atoms with van der Waals surface area (Å²) in [6.45, 7) is 12.8. The minimum atomic E-state index is 0. The van der Waals surface area contributed by atoms with Crippen molar-refractivity contribution in [1.29, 1.82) is 0 Å². The number of thiophene rings is 1. The van der Waals surface area contributed by atoms with Crippen molar-refractivity contribution in [3.8, 4) is 0 Å². The number of hydrogen-bond donors (Lipinski definition) is 2. The Morgan fingerprint density at radius 1 is 1.35 bits per heavy atom. The predicted octanol–water partition coefficient (Wildman–Crippen LogP) is 2.53. The van der Waals surface area contributed by atoms with Crippen LogP contribution in [0, 0.1) is 0 Å². The second-order valence-corrected chi connectivity index (χ2v) is 7.07. The lowest BCUT2D eigenvalue weighted by atomic mass is 10.0. The molecule has 0 saturated carbocycles. The zero-order chi connectivity index (χ0) is 15.8. The highest BCUT2D eigenvalue weighted by molar-refractivity contribution is 14.0. The van der Waals surface area contributed by atoms with E-state index in [0.29, 0.717) is 0 Å². The van der Waals surface area contributed by atoms with Crippen LogP contribution in [0.3, 0.4) is 0 Å². The molecule has 23 heavy (non-hydrogen) atoms. The first-order valence-corrected chi connectivity index (χ1v) is 8.87. The number of halogens is 1. The van der Waals surface area contributed by atoms with Crippen LogP contribution in [0.1, 0.15) is 25.6 Å². The van der Waals surface area contributed by atoms with Gasteiger partial charge in [-0.05, 0) is 32.2 Å². The van der Waals surface area contributed by atoms with Crippen molar-refractivity contribution in [2.45, 2.75) is 32.9 Å². The van der Waals surface area contributed by atoms with Crippen molar-refractivity contribution >= 4 is 41.3 Å². The molecule has 0 bridgehead atoms. The van der Waals surface area contributed by atoms with E-state index in [0.717, 1.165) is 51.9 Å². The number of aliphatic imine (C=N–C) groups is 1. The van der Waals surface area contributed by atoms with E-state index in [4.69, 9.17) is 4.74 Å². The first-order chi connectivity index (χ1) is 10.6. The van der Waals surface area contributed by atoms with Crippen LogP contribution in [-0.2, 0) is 11.3 Å². The summed E-state index contributed by atoms with van der Waals surface area (Å²) in [5, 5.41) is 8.89. The lowest BCUT2D eigenvalue weighted by Crippen LogP contribution is -2.56. The first-order valence-electron chi connectivity index (χ1n) is 7.99. The fourth-order valence-corrected chi connectivity index (χ4v) is 3.11. The fraction of sp³-hybridized carbons (Fsp3) is 0.688. The molecule has 1 aromatic rings.